The van der Waals surface area contributed by atoms with Crippen molar-refractivity contribution in [3.63, 3.8) is 0 Å². The summed E-state index contributed by atoms with van der Waals surface area (Å²) in [4.78, 5) is 0. The van der Waals surface area contributed by atoms with Gasteiger partial charge in [0.15, 0.2) is 0 Å². The van der Waals surface area contributed by atoms with Gasteiger partial charge in [0.05, 0.1) is 21.0 Å². The van der Waals surface area contributed by atoms with Crippen molar-refractivity contribution in [2.45, 2.75) is 18.6 Å². The van der Waals surface area contributed by atoms with Gasteiger partial charge in [-0.3, -0.25) is 0 Å². The first-order chi connectivity index (χ1) is 12.1. The molecule has 0 amide bonds. The zero-order chi connectivity index (χ0) is 19.5. The number of hydrogen-bond acceptors (Lipinski definition) is 1. The molecule has 0 radical (unpaired) electrons. The van der Waals surface area contributed by atoms with Crippen molar-refractivity contribution in [2.75, 3.05) is 7.05 Å². The molecule has 0 bridgehead atoms. The number of halogens is 7. The van der Waals surface area contributed by atoms with E-state index in [1.54, 1.807) is 13.1 Å². The average molecular weight is 427 g/mol. The van der Waals surface area contributed by atoms with E-state index in [4.69, 9.17) is 34.8 Å². The zero-order valence-corrected chi connectivity index (χ0v) is 15.7. The third kappa shape index (κ3) is 5.13. The van der Waals surface area contributed by atoms with Crippen LogP contribution in [0, 0.1) is 5.82 Å². The third-order valence-electron chi connectivity index (χ3n) is 3.64. The Balaban J connectivity index is 2.38. The molecule has 140 valence electrons. The average Bonchev–Trinajstić information content (AvgIpc) is 2.54. The number of hydrogen-bond donors (Lipinski definition) is 1. The Morgan fingerprint density at radius 2 is 1.69 bits per heavy atom. The quantitative estimate of drug-likeness (QED) is 0.406. The van der Waals surface area contributed by atoms with Gasteiger partial charge in [0.2, 0.25) is 0 Å². The van der Waals surface area contributed by atoms with Gasteiger partial charge in [0, 0.05) is 12.1 Å². The second kappa shape index (κ2) is 8.61. The molecular formula is C18H14Cl3F4N. The van der Waals surface area contributed by atoms with Crippen LogP contribution in [-0.2, 0) is 6.54 Å². The first kappa shape index (κ1) is 21.0. The minimum Gasteiger partial charge on any atom is -0.316 e. The molecule has 0 aliphatic carbocycles. The van der Waals surface area contributed by atoms with Crippen LogP contribution in [0.25, 0.3) is 6.08 Å². The standard InChI is InChI=1S/C18H14Cl3F4N/c1-26-9-11-4-2-10(6-16(11)22)3-5-13(18(23,24)25)12-7-14(19)17(21)15(20)8-12/h2-8,13,26H,9H2,1H3/b5-3+. The molecule has 0 saturated heterocycles. The molecule has 0 spiro atoms. The van der Waals surface area contributed by atoms with Crippen LogP contribution in [0.3, 0.4) is 0 Å². The Morgan fingerprint density at radius 1 is 1.08 bits per heavy atom. The highest BCUT2D eigenvalue weighted by Gasteiger charge is 2.39. The maximum Gasteiger partial charge on any atom is 0.399 e. The normalized spacial score (nSPS) is 13.4. The van der Waals surface area contributed by atoms with Gasteiger partial charge >= 0.3 is 6.18 Å². The lowest BCUT2D eigenvalue weighted by atomic mass is 9.97. The van der Waals surface area contributed by atoms with Crippen LogP contribution >= 0.6 is 34.8 Å². The second-order valence-electron chi connectivity index (χ2n) is 5.56. The van der Waals surface area contributed by atoms with Crippen molar-refractivity contribution in [1.82, 2.24) is 5.32 Å². The lowest BCUT2D eigenvalue weighted by molar-refractivity contribution is -0.139. The van der Waals surface area contributed by atoms with Crippen LogP contribution < -0.4 is 5.32 Å². The topological polar surface area (TPSA) is 12.0 Å². The van der Waals surface area contributed by atoms with Crippen LogP contribution in [0.5, 0.6) is 0 Å². The van der Waals surface area contributed by atoms with Crippen molar-refractivity contribution in [3.8, 4) is 0 Å². The summed E-state index contributed by atoms with van der Waals surface area (Å²) in [5.41, 5.74) is 0.580. The monoisotopic (exact) mass is 425 g/mol. The first-order valence-corrected chi connectivity index (χ1v) is 8.59. The maximum atomic E-state index is 13.9. The Morgan fingerprint density at radius 3 is 2.19 bits per heavy atom. The molecule has 1 unspecified atom stereocenters. The van der Waals surface area contributed by atoms with E-state index in [1.807, 2.05) is 0 Å². The predicted molar refractivity (Wildman–Crippen MR) is 98.5 cm³/mol. The van der Waals surface area contributed by atoms with Crippen LogP contribution in [-0.4, -0.2) is 13.2 Å². The van der Waals surface area contributed by atoms with Crippen molar-refractivity contribution in [1.29, 1.82) is 0 Å². The van der Waals surface area contributed by atoms with Gasteiger partial charge in [-0.1, -0.05) is 59.1 Å². The molecule has 0 aliphatic rings. The van der Waals surface area contributed by atoms with E-state index in [9.17, 15) is 17.6 Å². The lowest BCUT2D eigenvalue weighted by Crippen LogP contribution is -2.19. The number of rotatable bonds is 5. The van der Waals surface area contributed by atoms with Gasteiger partial charge in [-0.25, -0.2) is 4.39 Å². The Kier molecular flexibility index (Phi) is 6.97. The number of allylic oxidation sites excluding steroid dienone is 1. The van der Waals surface area contributed by atoms with Crippen molar-refractivity contribution in [3.05, 3.63) is 74.0 Å². The first-order valence-electron chi connectivity index (χ1n) is 7.46. The summed E-state index contributed by atoms with van der Waals surface area (Å²) in [6, 6.07) is 6.48. The highest BCUT2D eigenvalue weighted by atomic mass is 35.5. The van der Waals surface area contributed by atoms with Gasteiger partial charge in [0.25, 0.3) is 0 Å². The molecular weight excluding hydrogens is 413 g/mol. The minimum atomic E-state index is -4.58. The summed E-state index contributed by atoms with van der Waals surface area (Å²) in [5.74, 6) is -2.46. The van der Waals surface area contributed by atoms with Crippen molar-refractivity contribution >= 4 is 40.9 Å². The summed E-state index contributed by atoms with van der Waals surface area (Å²) in [6.07, 6.45) is -2.44. The Hall–Kier alpha value is -1.27. The molecule has 2 rings (SSSR count). The SMILES string of the molecule is CNCc1ccc(/C=C/C(c2cc(Cl)c(Cl)c(Cl)c2)C(F)(F)F)cc1F. The fourth-order valence-corrected chi connectivity index (χ4v) is 2.99. The van der Waals surface area contributed by atoms with E-state index >= 15 is 0 Å². The van der Waals surface area contributed by atoms with E-state index in [-0.39, 0.29) is 20.6 Å². The largest absolute Gasteiger partial charge is 0.399 e. The van der Waals surface area contributed by atoms with Gasteiger partial charge in [-0.2, -0.15) is 13.2 Å². The van der Waals surface area contributed by atoms with Crippen molar-refractivity contribution < 1.29 is 17.6 Å². The fourth-order valence-electron chi connectivity index (χ4n) is 2.37. The molecule has 0 aromatic heterocycles. The third-order valence-corrected chi connectivity index (χ3v) is 4.84. The van der Waals surface area contributed by atoms with Gasteiger partial charge in [0.1, 0.15) is 5.82 Å². The van der Waals surface area contributed by atoms with Crippen LogP contribution in [0.1, 0.15) is 22.6 Å². The van der Waals surface area contributed by atoms with Crippen LogP contribution in [0.15, 0.2) is 36.4 Å². The van der Waals surface area contributed by atoms with E-state index in [2.05, 4.69) is 5.32 Å². The highest BCUT2D eigenvalue weighted by molar-refractivity contribution is 6.48. The summed E-state index contributed by atoms with van der Waals surface area (Å²) in [6.45, 7) is 0.322. The highest BCUT2D eigenvalue weighted by Crippen LogP contribution is 2.41. The summed E-state index contributed by atoms with van der Waals surface area (Å²) in [7, 11) is 1.67. The fraction of sp³-hybridized carbons (Fsp3) is 0.222. The molecule has 0 heterocycles. The number of nitrogens with one attached hydrogen (secondary N) is 1. The summed E-state index contributed by atoms with van der Waals surface area (Å²) < 4.78 is 54.3. The second-order valence-corrected chi connectivity index (χ2v) is 6.75. The number of alkyl halides is 3. The van der Waals surface area contributed by atoms with Crippen molar-refractivity contribution in [2.24, 2.45) is 0 Å². The molecule has 2 aromatic carbocycles. The molecule has 8 heteroatoms. The Labute approximate surface area is 163 Å². The minimum absolute atomic E-state index is 0.0100. The van der Waals surface area contributed by atoms with Gasteiger partial charge in [-0.15, -0.1) is 0 Å². The molecule has 2 aromatic rings. The van der Waals surface area contributed by atoms with Gasteiger partial charge in [-0.05, 0) is 36.4 Å². The molecule has 0 aliphatic heterocycles. The van der Waals surface area contributed by atoms with E-state index in [0.717, 1.165) is 18.2 Å². The predicted octanol–water partition coefficient (Wildman–Crippen LogP) is 6.86. The molecule has 0 fully saturated rings. The lowest BCUT2D eigenvalue weighted by Gasteiger charge is -2.18. The number of benzene rings is 2. The molecule has 1 nitrogen and oxygen atoms in total. The Bertz CT molecular complexity index is 796. The summed E-state index contributed by atoms with van der Waals surface area (Å²) in [5, 5.41) is 2.66. The van der Waals surface area contributed by atoms with Crippen LogP contribution in [0.2, 0.25) is 15.1 Å². The molecule has 1 N–H and O–H groups in total. The smallest absolute Gasteiger partial charge is 0.316 e. The molecule has 26 heavy (non-hydrogen) atoms. The van der Waals surface area contributed by atoms with E-state index in [0.29, 0.717) is 17.7 Å². The van der Waals surface area contributed by atoms with Crippen LogP contribution in [0.4, 0.5) is 17.6 Å². The molecule has 0 saturated carbocycles. The molecule has 1 atom stereocenters. The maximum absolute atomic E-state index is 13.9. The summed E-state index contributed by atoms with van der Waals surface area (Å²) >= 11 is 17.5. The van der Waals surface area contributed by atoms with E-state index in [1.165, 1.54) is 18.2 Å². The van der Waals surface area contributed by atoms with Gasteiger partial charge < -0.3 is 5.32 Å². The zero-order valence-electron chi connectivity index (χ0n) is 13.5. The van der Waals surface area contributed by atoms with E-state index < -0.39 is 17.9 Å².